The van der Waals surface area contributed by atoms with Crippen LogP contribution in [0.25, 0.3) is 10.9 Å². The summed E-state index contributed by atoms with van der Waals surface area (Å²) < 4.78 is 70.0. The largest absolute Gasteiger partial charge is 0.403 e. The molecule has 4 atom stereocenters. The number of nitrogens with zero attached hydrogens (tertiary/aromatic N) is 3. The number of fused-ring (bicyclic) bond motifs is 4. The summed E-state index contributed by atoms with van der Waals surface area (Å²) >= 11 is 0. The molecule has 2 aromatic heterocycles. The molecule has 11 heteroatoms. The number of carbonyl (C=O) groups is 2. The van der Waals surface area contributed by atoms with Crippen molar-refractivity contribution >= 4 is 28.5 Å². The molecule has 1 N–H and O–H groups in total. The number of nitrogens with one attached hydrogen (secondary N) is 1. The minimum absolute atomic E-state index is 0.0132. The Labute approximate surface area is 238 Å². The van der Waals surface area contributed by atoms with Crippen molar-refractivity contribution in [3.05, 3.63) is 65.0 Å². The van der Waals surface area contributed by atoms with E-state index in [1.807, 2.05) is 18.2 Å². The Bertz CT molecular complexity index is 1600. The van der Waals surface area contributed by atoms with E-state index < -0.39 is 41.2 Å². The van der Waals surface area contributed by atoms with Gasteiger partial charge in [-0.2, -0.15) is 13.2 Å². The summed E-state index contributed by atoms with van der Waals surface area (Å²) in [5.41, 5.74) is 0.821. The number of anilines is 1. The number of hydrogen-bond acceptors (Lipinski definition) is 4. The van der Waals surface area contributed by atoms with E-state index in [2.05, 4.69) is 15.3 Å². The second-order valence-corrected chi connectivity index (χ2v) is 12.5. The normalized spacial score (nSPS) is 27.5. The standard InChI is InChI=1S/C31H29F5N4O2/c32-22-7-17(8-23(33)11-22)15-40(28(42)30(3-4-30)31(34,35)36)16-18-6-19-9-20-12-29(13-21(20)10-25(19)38-14-18)24-2-1-5-37-26(24)39-27(29)41/h1-2,5-6,9-10,14,17,22-23H,3-4,7-8,11-13,15-16H2,(H,37,39,41)/t17?,22-,23?,29?/m0/s1. The van der Waals surface area contributed by atoms with E-state index in [1.165, 1.54) is 6.20 Å². The lowest BCUT2D eigenvalue weighted by Crippen LogP contribution is -2.46. The second kappa shape index (κ2) is 9.44. The molecule has 220 valence electrons. The molecule has 0 bridgehead atoms. The average molecular weight is 585 g/mol. The molecule has 4 aliphatic rings. The SMILES string of the molecule is O=C1Nc2ncccc2C12Cc1cc3cc(CN(CC4CC(F)C[C@@H](F)C4)C(=O)C4(C(F)(F)F)CC4)cnc3cc1C2. The van der Waals surface area contributed by atoms with Gasteiger partial charge in [0, 0.05) is 42.9 Å². The van der Waals surface area contributed by atoms with Crippen LogP contribution in [0.2, 0.25) is 0 Å². The van der Waals surface area contributed by atoms with Crippen LogP contribution in [0.1, 0.15) is 54.4 Å². The van der Waals surface area contributed by atoms with Crippen molar-refractivity contribution in [3.8, 4) is 0 Å². The Kier molecular flexibility index (Phi) is 6.12. The van der Waals surface area contributed by atoms with Crippen molar-refractivity contribution in [1.29, 1.82) is 0 Å². The zero-order chi connectivity index (χ0) is 29.4. The third-order valence-corrected chi connectivity index (χ3v) is 9.56. The molecule has 42 heavy (non-hydrogen) atoms. The van der Waals surface area contributed by atoms with Gasteiger partial charge in [0.15, 0.2) is 0 Å². The molecule has 2 amide bonds. The molecule has 1 aromatic carbocycles. The highest BCUT2D eigenvalue weighted by atomic mass is 19.4. The van der Waals surface area contributed by atoms with Gasteiger partial charge < -0.3 is 10.2 Å². The summed E-state index contributed by atoms with van der Waals surface area (Å²) in [5, 5.41) is 3.62. The number of amides is 2. The minimum Gasteiger partial charge on any atom is -0.337 e. The summed E-state index contributed by atoms with van der Waals surface area (Å²) in [6.45, 7) is -0.294. The van der Waals surface area contributed by atoms with Crippen LogP contribution < -0.4 is 5.32 Å². The van der Waals surface area contributed by atoms with E-state index in [0.717, 1.165) is 27.0 Å². The van der Waals surface area contributed by atoms with Crippen molar-refractivity contribution in [3.63, 3.8) is 0 Å². The summed E-state index contributed by atoms with van der Waals surface area (Å²) in [6.07, 6.45) is -4.09. The van der Waals surface area contributed by atoms with Crippen LogP contribution in [-0.4, -0.2) is 51.7 Å². The number of carbonyl (C=O) groups excluding carboxylic acids is 2. The van der Waals surface area contributed by atoms with Crippen LogP contribution in [-0.2, 0) is 34.4 Å². The highest BCUT2D eigenvalue weighted by Crippen LogP contribution is 2.59. The Morgan fingerprint density at radius 3 is 2.43 bits per heavy atom. The molecular formula is C31H29F5N4O2. The van der Waals surface area contributed by atoms with Crippen molar-refractivity contribution in [2.75, 3.05) is 11.9 Å². The molecule has 7 rings (SSSR count). The highest BCUT2D eigenvalue weighted by Gasteiger charge is 2.69. The summed E-state index contributed by atoms with van der Waals surface area (Å²) in [5.74, 6) is -1.15. The van der Waals surface area contributed by atoms with Gasteiger partial charge in [0.2, 0.25) is 11.8 Å². The lowest BCUT2D eigenvalue weighted by atomic mass is 9.79. The van der Waals surface area contributed by atoms with E-state index in [0.29, 0.717) is 29.7 Å². The number of hydrogen-bond donors (Lipinski definition) is 1. The topological polar surface area (TPSA) is 75.2 Å². The fraction of sp³-hybridized carbons (Fsp3) is 0.484. The van der Waals surface area contributed by atoms with Crippen LogP contribution in [0, 0.1) is 11.3 Å². The lowest BCUT2D eigenvalue weighted by Gasteiger charge is -2.34. The maximum Gasteiger partial charge on any atom is 0.403 e. The quantitative estimate of drug-likeness (QED) is 0.387. The van der Waals surface area contributed by atoms with Crippen LogP contribution in [0.4, 0.5) is 27.8 Å². The van der Waals surface area contributed by atoms with E-state index >= 15 is 0 Å². The van der Waals surface area contributed by atoms with Gasteiger partial charge in [-0.1, -0.05) is 6.07 Å². The molecule has 6 nitrogen and oxygen atoms in total. The lowest BCUT2D eigenvalue weighted by molar-refractivity contribution is -0.199. The van der Waals surface area contributed by atoms with Gasteiger partial charge in [0.1, 0.15) is 23.6 Å². The number of halogens is 5. The Hall–Kier alpha value is -3.63. The molecule has 2 saturated carbocycles. The Morgan fingerprint density at radius 1 is 1.02 bits per heavy atom. The molecule has 3 aromatic rings. The van der Waals surface area contributed by atoms with Gasteiger partial charge in [-0.05, 0) is 85.4 Å². The Morgan fingerprint density at radius 2 is 1.74 bits per heavy atom. The van der Waals surface area contributed by atoms with Gasteiger partial charge >= 0.3 is 6.18 Å². The molecule has 3 unspecified atom stereocenters. The van der Waals surface area contributed by atoms with Gasteiger partial charge in [-0.25, -0.2) is 13.8 Å². The number of aromatic nitrogens is 2. The first-order chi connectivity index (χ1) is 20.0. The van der Waals surface area contributed by atoms with E-state index in [4.69, 9.17) is 0 Å². The number of benzene rings is 1. The third kappa shape index (κ3) is 4.34. The van der Waals surface area contributed by atoms with Gasteiger partial charge in [-0.3, -0.25) is 14.6 Å². The van der Waals surface area contributed by atoms with Crippen LogP contribution in [0.3, 0.4) is 0 Å². The number of rotatable bonds is 5. The maximum atomic E-state index is 14.1. The third-order valence-electron chi connectivity index (χ3n) is 9.56. The first-order valence-corrected chi connectivity index (χ1v) is 14.3. The maximum absolute atomic E-state index is 14.1. The molecule has 0 radical (unpaired) electrons. The fourth-order valence-electron chi connectivity index (χ4n) is 7.27. The van der Waals surface area contributed by atoms with Crippen molar-refractivity contribution in [2.45, 2.75) is 75.4 Å². The monoisotopic (exact) mass is 584 g/mol. The van der Waals surface area contributed by atoms with Crippen molar-refractivity contribution in [1.82, 2.24) is 14.9 Å². The predicted molar refractivity (Wildman–Crippen MR) is 144 cm³/mol. The molecule has 0 saturated heterocycles. The second-order valence-electron chi connectivity index (χ2n) is 12.5. The minimum atomic E-state index is -4.70. The van der Waals surface area contributed by atoms with Crippen LogP contribution >= 0.6 is 0 Å². The summed E-state index contributed by atoms with van der Waals surface area (Å²) in [7, 11) is 0. The van der Waals surface area contributed by atoms with Gasteiger partial charge in [0.25, 0.3) is 0 Å². The fourth-order valence-corrected chi connectivity index (χ4v) is 7.27. The van der Waals surface area contributed by atoms with Crippen LogP contribution in [0.5, 0.6) is 0 Å². The van der Waals surface area contributed by atoms with E-state index in [1.54, 1.807) is 18.3 Å². The smallest absolute Gasteiger partial charge is 0.337 e. The zero-order valence-electron chi connectivity index (χ0n) is 22.7. The number of alkyl halides is 5. The van der Waals surface area contributed by atoms with E-state index in [-0.39, 0.29) is 51.1 Å². The van der Waals surface area contributed by atoms with Gasteiger partial charge in [-0.15, -0.1) is 0 Å². The molecule has 3 aliphatic carbocycles. The first-order valence-electron chi connectivity index (χ1n) is 14.3. The van der Waals surface area contributed by atoms with Crippen molar-refractivity contribution < 1.29 is 31.5 Å². The zero-order valence-corrected chi connectivity index (χ0v) is 22.7. The number of pyridine rings is 2. The highest BCUT2D eigenvalue weighted by molar-refractivity contribution is 6.06. The van der Waals surface area contributed by atoms with E-state index in [9.17, 15) is 31.5 Å². The Balaban J connectivity index is 1.18. The van der Waals surface area contributed by atoms with Crippen molar-refractivity contribution in [2.24, 2.45) is 11.3 Å². The molecule has 1 spiro atoms. The molecule has 3 heterocycles. The van der Waals surface area contributed by atoms with Crippen LogP contribution in [0.15, 0.2) is 42.7 Å². The molecule has 2 fully saturated rings. The van der Waals surface area contributed by atoms with Gasteiger partial charge in [0.05, 0.1) is 10.9 Å². The predicted octanol–water partition coefficient (Wildman–Crippen LogP) is 5.77. The molecular weight excluding hydrogens is 555 g/mol. The first kappa shape index (κ1) is 27.2. The molecule has 1 aliphatic heterocycles. The summed E-state index contributed by atoms with van der Waals surface area (Å²) in [4.78, 5) is 36.4. The summed E-state index contributed by atoms with van der Waals surface area (Å²) in [6, 6.07) is 9.39. The average Bonchev–Trinajstić information content (AvgIpc) is 3.61.